The van der Waals surface area contributed by atoms with Crippen LogP contribution in [0.3, 0.4) is 0 Å². The van der Waals surface area contributed by atoms with Gasteiger partial charge in [-0.05, 0) is 38.1 Å². The number of hydrazone groups is 2. The van der Waals surface area contributed by atoms with Gasteiger partial charge in [-0.15, -0.1) is 0 Å². The number of hydrogen-bond acceptors (Lipinski definition) is 10. The highest BCUT2D eigenvalue weighted by molar-refractivity contribution is 6.11. The summed E-state index contributed by atoms with van der Waals surface area (Å²) in [6, 6.07) is 13.2. The Hall–Kier alpha value is -4.41. The average Bonchev–Trinajstić information content (AvgIpc) is 3.23. The van der Waals surface area contributed by atoms with E-state index < -0.39 is 5.91 Å². The maximum atomic E-state index is 12.4. The highest BCUT2D eigenvalue weighted by atomic mass is 16.5. The molecule has 2 heterocycles. The lowest BCUT2D eigenvalue weighted by molar-refractivity contribution is -0.123. The van der Waals surface area contributed by atoms with Gasteiger partial charge in [-0.1, -0.05) is 18.2 Å². The van der Waals surface area contributed by atoms with Crippen LogP contribution >= 0.6 is 0 Å². The number of carbonyl (C=O) groups is 1. The van der Waals surface area contributed by atoms with Crippen molar-refractivity contribution in [3.8, 4) is 17.2 Å². The van der Waals surface area contributed by atoms with E-state index in [9.17, 15) is 4.79 Å². The first-order valence-electron chi connectivity index (χ1n) is 11.2. The van der Waals surface area contributed by atoms with Gasteiger partial charge in [0.15, 0.2) is 24.3 Å². The molecule has 2 aromatic carbocycles. The van der Waals surface area contributed by atoms with Crippen LogP contribution in [0.5, 0.6) is 17.2 Å². The van der Waals surface area contributed by atoms with Crippen molar-refractivity contribution in [2.24, 2.45) is 26.1 Å². The zero-order chi connectivity index (χ0) is 25.7. The maximum Gasteiger partial charge on any atom is 0.278 e. The zero-order valence-electron chi connectivity index (χ0n) is 20.8. The van der Waals surface area contributed by atoms with Crippen LogP contribution in [0.25, 0.3) is 0 Å². The van der Waals surface area contributed by atoms with Crippen LogP contribution < -0.4 is 24.6 Å². The van der Waals surface area contributed by atoms with E-state index in [1.165, 1.54) is 27.5 Å². The van der Waals surface area contributed by atoms with Crippen molar-refractivity contribution < 1.29 is 23.7 Å². The Morgan fingerprint density at radius 3 is 2.42 bits per heavy atom. The van der Waals surface area contributed by atoms with E-state index in [1.54, 1.807) is 19.1 Å². The van der Waals surface area contributed by atoms with Crippen molar-refractivity contribution in [2.45, 2.75) is 20.0 Å². The van der Waals surface area contributed by atoms with Gasteiger partial charge in [0.2, 0.25) is 11.6 Å². The first kappa shape index (κ1) is 24.7. The Kier molecular flexibility index (Phi) is 7.47. The van der Waals surface area contributed by atoms with Crippen molar-refractivity contribution in [3.63, 3.8) is 0 Å². The Labute approximate surface area is 209 Å². The summed E-state index contributed by atoms with van der Waals surface area (Å²) < 4.78 is 21.8. The molecular formula is C25H28N6O5. The Bertz CT molecular complexity index is 1220. The van der Waals surface area contributed by atoms with E-state index >= 15 is 0 Å². The fourth-order valence-electron chi connectivity index (χ4n) is 3.97. The van der Waals surface area contributed by atoms with E-state index in [4.69, 9.17) is 18.9 Å². The van der Waals surface area contributed by atoms with E-state index in [-0.39, 0.29) is 18.7 Å². The number of nitrogens with zero attached hydrogens (tertiary/aromatic N) is 5. The largest absolute Gasteiger partial charge is 0.493 e. The van der Waals surface area contributed by atoms with Gasteiger partial charge in [0, 0.05) is 5.56 Å². The third kappa shape index (κ3) is 5.14. The van der Waals surface area contributed by atoms with Gasteiger partial charge in [-0.25, -0.2) is 20.4 Å². The van der Waals surface area contributed by atoms with Crippen molar-refractivity contribution in [2.75, 3.05) is 32.9 Å². The molecule has 0 aromatic heterocycles. The number of benzene rings is 2. The van der Waals surface area contributed by atoms with Crippen LogP contribution in [0.2, 0.25) is 0 Å². The molecule has 2 aromatic rings. The molecule has 0 saturated carbocycles. The van der Waals surface area contributed by atoms with Crippen LogP contribution in [0.1, 0.15) is 19.4 Å². The molecule has 2 unspecified atom stereocenters. The molecule has 0 saturated heterocycles. The molecule has 1 amide bonds. The monoisotopic (exact) mass is 492 g/mol. The maximum absolute atomic E-state index is 12.4. The first-order valence-corrected chi connectivity index (χ1v) is 11.2. The second-order valence-corrected chi connectivity index (χ2v) is 7.98. The van der Waals surface area contributed by atoms with Gasteiger partial charge in [0.05, 0.1) is 38.9 Å². The van der Waals surface area contributed by atoms with Crippen LogP contribution in [-0.4, -0.2) is 63.7 Å². The van der Waals surface area contributed by atoms with E-state index in [0.717, 1.165) is 11.4 Å². The number of methoxy groups -OCH3 is 3. The average molecular weight is 493 g/mol. The molecule has 2 aliphatic rings. The van der Waals surface area contributed by atoms with Gasteiger partial charge >= 0.3 is 0 Å². The molecule has 0 spiro atoms. The van der Waals surface area contributed by atoms with Gasteiger partial charge in [0.25, 0.3) is 5.91 Å². The van der Waals surface area contributed by atoms with Crippen LogP contribution in [0.4, 0.5) is 5.69 Å². The molecule has 0 bridgehead atoms. The first-order chi connectivity index (χ1) is 17.4. The number of hydrogen-bond donors (Lipinski definition) is 1. The lowest BCUT2D eigenvalue weighted by Gasteiger charge is -2.28. The molecule has 1 N–H and O–H groups in total. The summed E-state index contributed by atoms with van der Waals surface area (Å²) in [4.78, 5) is 21.5. The third-order valence-electron chi connectivity index (χ3n) is 5.58. The van der Waals surface area contributed by atoms with Crippen molar-refractivity contribution in [1.82, 2.24) is 5.43 Å². The van der Waals surface area contributed by atoms with Crippen molar-refractivity contribution in [1.29, 1.82) is 0 Å². The van der Waals surface area contributed by atoms with E-state index in [0.29, 0.717) is 34.5 Å². The molecule has 11 heteroatoms. The molecule has 0 aliphatic carbocycles. The number of carbonyl (C=O) groups excluding carboxylic acids is 1. The number of ether oxygens (including phenoxy) is 4. The fourth-order valence-corrected chi connectivity index (χ4v) is 3.97. The highest BCUT2D eigenvalue weighted by Crippen LogP contribution is 2.37. The van der Waals surface area contributed by atoms with Crippen molar-refractivity contribution in [3.05, 3.63) is 48.0 Å². The molecule has 4 rings (SSSR count). The number of nitrogens with one attached hydrogen (secondary N) is 1. The summed E-state index contributed by atoms with van der Waals surface area (Å²) >= 11 is 0. The second kappa shape index (κ2) is 10.9. The number of anilines is 1. The van der Waals surface area contributed by atoms with Gasteiger partial charge < -0.3 is 18.9 Å². The van der Waals surface area contributed by atoms with Crippen molar-refractivity contribution >= 4 is 35.3 Å². The summed E-state index contributed by atoms with van der Waals surface area (Å²) in [5.74, 6) is 1.65. The highest BCUT2D eigenvalue weighted by Gasteiger charge is 2.42. The molecule has 2 atom stereocenters. The predicted octanol–water partition coefficient (Wildman–Crippen LogP) is 2.85. The Morgan fingerprint density at radius 1 is 1.08 bits per heavy atom. The minimum Gasteiger partial charge on any atom is -0.493 e. The SMILES string of the molecule is COc1cc(/C=N/NC(=O)COC2=NC(C)=NC3C2C(C)=NN3c2ccccc2)cc(OC)c1OC. The smallest absolute Gasteiger partial charge is 0.278 e. The quantitative estimate of drug-likeness (QED) is 0.447. The van der Waals surface area contributed by atoms with Gasteiger partial charge in [-0.2, -0.15) is 10.2 Å². The molecule has 11 nitrogen and oxygen atoms in total. The number of aliphatic imine (C=N–C) groups is 2. The summed E-state index contributed by atoms with van der Waals surface area (Å²) in [6.07, 6.45) is 1.15. The number of rotatable bonds is 8. The Morgan fingerprint density at radius 2 is 1.78 bits per heavy atom. The third-order valence-corrected chi connectivity index (χ3v) is 5.58. The van der Waals surface area contributed by atoms with Crippen LogP contribution in [0.15, 0.2) is 62.7 Å². The standard InChI is InChI=1S/C25H28N6O5/c1-15-22-24(31(30-15)18-9-7-6-8-10-18)27-16(2)28-25(22)36-14-21(32)29-26-13-17-11-19(33-3)23(35-5)20(12-17)34-4/h6-13,22,24H,14H2,1-5H3,(H,29,32)/b26-13+. The lowest BCUT2D eigenvalue weighted by atomic mass is 10.0. The summed E-state index contributed by atoms with van der Waals surface area (Å²) in [5, 5.41) is 10.5. The van der Waals surface area contributed by atoms with Gasteiger partial charge in [0.1, 0.15) is 11.8 Å². The minimum atomic E-state index is -0.439. The van der Waals surface area contributed by atoms with E-state index in [1.807, 2.05) is 42.3 Å². The number of fused-ring (bicyclic) bond motifs is 1. The Balaban J connectivity index is 1.39. The van der Waals surface area contributed by atoms with Crippen LogP contribution in [0, 0.1) is 5.92 Å². The number of para-hydroxylation sites is 1. The summed E-state index contributed by atoms with van der Waals surface area (Å²) in [6.45, 7) is 3.43. The lowest BCUT2D eigenvalue weighted by Crippen LogP contribution is -2.41. The van der Waals surface area contributed by atoms with E-state index in [2.05, 4.69) is 25.6 Å². The fraction of sp³-hybridized carbons (Fsp3) is 0.320. The van der Waals surface area contributed by atoms with Gasteiger partial charge in [-0.3, -0.25) is 4.79 Å². The zero-order valence-corrected chi connectivity index (χ0v) is 20.8. The summed E-state index contributed by atoms with van der Waals surface area (Å²) in [5.41, 5.74) is 4.83. The molecule has 2 aliphatic heterocycles. The van der Waals surface area contributed by atoms with Crippen LogP contribution in [-0.2, 0) is 9.53 Å². The second-order valence-electron chi connectivity index (χ2n) is 7.98. The molecule has 0 fully saturated rings. The normalized spacial score (nSPS) is 18.7. The number of amides is 1. The molecular weight excluding hydrogens is 464 g/mol. The topological polar surface area (TPSA) is 119 Å². The predicted molar refractivity (Wildman–Crippen MR) is 138 cm³/mol. The number of amidine groups is 1. The minimum absolute atomic E-state index is 0.263. The molecule has 0 radical (unpaired) electrons. The molecule has 188 valence electrons. The summed E-state index contributed by atoms with van der Waals surface area (Å²) in [7, 11) is 4.58. The molecule has 36 heavy (non-hydrogen) atoms.